The van der Waals surface area contributed by atoms with Gasteiger partial charge in [-0.25, -0.2) is 4.79 Å². The molecule has 0 saturated heterocycles. The van der Waals surface area contributed by atoms with Crippen molar-refractivity contribution in [2.45, 2.75) is 98.0 Å². The van der Waals surface area contributed by atoms with Crippen LogP contribution in [0.1, 0.15) is 91.9 Å². The van der Waals surface area contributed by atoms with Gasteiger partial charge < -0.3 is 14.0 Å². The molecule has 0 radical (unpaired) electrons. The predicted molar refractivity (Wildman–Crippen MR) is 120 cm³/mol. The topological polar surface area (TPSA) is 35.5 Å². The predicted octanol–water partition coefficient (Wildman–Crippen LogP) is 5.59. The van der Waals surface area contributed by atoms with Crippen LogP contribution in [0.15, 0.2) is 0 Å². The number of rotatable bonds is 14. The molecule has 0 aromatic carbocycles. The third-order valence-corrected chi connectivity index (χ3v) is 8.30. The highest BCUT2D eigenvalue weighted by molar-refractivity contribution is 5.70. The van der Waals surface area contributed by atoms with Crippen LogP contribution < -0.4 is 0 Å². The third kappa shape index (κ3) is 6.43. The van der Waals surface area contributed by atoms with Gasteiger partial charge in [0.15, 0.2) is 6.54 Å². The lowest BCUT2D eigenvalue weighted by molar-refractivity contribution is -0.883. The Morgan fingerprint density at radius 1 is 1.00 bits per heavy atom. The van der Waals surface area contributed by atoms with Gasteiger partial charge in [0.1, 0.15) is 6.54 Å². The molecule has 3 atom stereocenters. The minimum absolute atomic E-state index is 0.0750. The van der Waals surface area contributed by atoms with Crippen LogP contribution in [0.5, 0.6) is 0 Å². The fraction of sp³-hybridized carbons (Fsp3) is 0.960. The summed E-state index contributed by atoms with van der Waals surface area (Å²) in [5.41, 5.74) is 0.701. The smallest absolute Gasteiger partial charge is 0.361 e. The molecule has 0 amide bonds. The van der Waals surface area contributed by atoms with E-state index in [1.165, 1.54) is 57.8 Å². The first-order valence-corrected chi connectivity index (χ1v) is 12.2. The summed E-state index contributed by atoms with van der Waals surface area (Å²) in [6.07, 6.45) is 12.9. The maximum atomic E-state index is 12.2. The average Bonchev–Trinajstić information content (AvgIpc) is 2.97. The number of hydrogen-bond acceptors (Lipinski definition) is 3. The molecule has 2 saturated carbocycles. The van der Waals surface area contributed by atoms with E-state index in [1.807, 2.05) is 0 Å². The van der Waals surface area contributed by atoms with Gasteiger partial charge in [-0.3, -0.25) is 0 Å². The van der Waals surface area contributed by atoms with E-state index in [2.05, 4.69) is 41.8 Å². The molecule has 2 aliphatic carbocycles. The van der Waals surface area contributed by atoms with Gasteiger partial charge in [0, 0.05) is 0 Å². The van der Waals surface area contributed by atoms with Crippen molar-refractivity contribution in [3.05, 3.63) is 0 Å². The lowest BCUT2D eigenvalue weighted by atomic mass is 9.70. The normalized spacial score (nSPS) is 28.1. The van der Waals surface area contributed by atoms with E-state index in [0.717, 1.165) is 25.5 Å². The van der Waals surface area contributed by atoms with Crippen LogP contribution in [0.4, 0.5) is 0 Å². The maximum Gasteiger partial charge on any atom is 0.361 e. The third-order valence-electron chi connectivity index (χ3n) is 8.30. The van der Waals surface area contributed by atoms with Crippen molar-refractivity contribution < 1.29 is 18.8 Å². The van der Waals surface area contributed by atoms with Gasteiger partial charge in [-0.2, -0.15) is 0 Å². The standard InChI is InChI=1S/C25H48NO3/c1-7-8-9-10-11-12-13-17-29-23(27)20-26(5,6)16-18-28-22-19-21-14-15-25(22,4)24(21,2)3/h21-22H,7-20H2,1-6H3/q+1/t21-,22+,25-/m1/s1. The first-order valence-electron chi connectivity index (χ1n) is 12.2. The number of unbranched alkanes of at least 4 members (excludes halogenated alkanes) is 6. The highest BCUT2D eigenvalue weighted by Crippen LogP contribution is 2.66. The number of carbonyl (C=O) groups excluding carboxylic acids is 1. The van der Waals surface area contributed by atoms with Gasteiger partial charge in [-0.15, -0.1) is 0 Å². The number of ether oxygens (including phenoxy) is 2. The second kappa shape index (κ2) is 10.6. The van der Waals surface area contributed by atoms with Gasteiger partial charge in [0.25, 0.3) is 0 Å². The number of nitrogens with zero attached hydrogens (tertiary/aromatic N) is 1. The Hall–Kier alpha value is -0.610. The molecule has 0 N–H and O–H groups in total. The second-order valence-electron chi connectivity index (χ2n) is 11.1. The molecular formula is C25H48NO3+. The van der Waals surface area contributed by atoms with Crippen molar-refractivity contribution >= 4 is 5.97 Å². The highest BCUT2D eigenvalue weighted by atomic mass is 16.5. The Morgan fingerprint density at radius 3 is 2.24 bits per heavy atom. The zero-order valence-electron chi connectivity index (χ0n) is 20.2. The van der Waals surface area contributed by atoms with Crippen LogP contribution >= 0.6 is 0 Å². The van der Waals surface area contributed by atoms with Gasteiger partial charge in [-0.1, -0.05) is 66.2 Å². The Morgan fingerprint density at radius 2 is 1.66 bits per heavy atom. The fourth-order valence-electron chi connectivity index (χ4n) is 5.54. The Labute approximate surface area is 180 Å². The minimum atomic E-state index is -0.0750. The number of quaternary nitrogens is 1. The molecule has 4 heteroatoms. The van der Waals surface area contributed by atoms with Crippen molar-refractivity contribution in [3.8, 4) is 0 Å². The zero-order chi connectivity index (χ0) is 21.5. The zero-order valence-corrected chi connectivity index (χ0v) is 20.2. The molecule has 0 aromatic heterocycles. The van der Waals surface area contributed by atoms with Crippen molar-refractivity contribution in [3.63, 3.8) is 0 Å². The van der Waals surface area contributed by atoms with Crippen LogP contribution in [0.3, 0.4) is 0 Å². The molecule has 2 bridgehead atoms. The molecule has 0 unspecified atom stereocenters. The SMILES string of the molecule is CCCCCCCCCOC(=O)C[N+](C)(C)CCO[C@H]1C[C@H]2CC[C@@]1(C)C2(C)C. The number of carbonyl (C=O) groups is 1. The first kappa shape index (κ1) is 24.7. The lowest BCUT2D eigenvalue weighted by Gasteiger charge is -2.39. The maximum absolute atomic E-state index is 12.2. The molecule has 2 rings (SSSR count). The fourth-order valence-corrected chi connectivity index (χ4v) is 5.54. The molecule has 0 aromatic rings. The van der Waals surface area contributed by atoms with Crippen LogP contribution in [0, 0.1) is 16.7 Å². The minimum Gasteiger partial charge on any atom is -0.462 e. The van der Waals surface area contributed by atoms with E-state index in [4.69, 9.17) is 9.47 Å². The Kier molecular flexibility index (Phi) is 9.03. The summed E-state index contributed by atoms with van der Waals surface area (Å²) in [7, 11) is 4.20. The second-order valence-corrected chi connectivity index (χ2v) is 11.1. The van der Waals surface area contributed by atoms with E-state index < -0.39 is 0 Å². The van der Waals surface area contributed by atoms with E-state index in [1.54, 1.807) is 0 Å². The lowest BCUT2D eigenvalue weighted by Crippen LogP contribution is -2.47. The summed E-state index contributed by atoms with van der Waals surface area (Å²) in [4.78, 5) is 12.2. The Balaban J connectivity index is 1.58. The van der Waals surface area contributed by atoms with Crippen molar-refractivity contribution in [2.75, 3.05) is 40.4 Å². The monoisotopic (exact) mass is 410 g/mol. The van der Waals surface area contributed by atoms with E-state index in [0.29, 0.717) is 34.6 Å². The van der Waals surface area contributed by atoms with Crippen LogP contribution in [0.2, 0.25) is 0 Å². The van der Waals surface area contributed by atoms with E-state index in [9.17, 15) is 4.79 Å². The van der Waals surface area contributed by atoms with Crippen LogP contribution in [-0.2, 0) is 14.3 Å². The molecule has 0 spiro atoms. The van der Waals surface area contributed by atoms with Gasteiger partial charge in [0.2, 0.25) is 0 Å². The molecule has 2 aliphatic rings. The summed E-state index contributed by atoms with van der Waals surface area (Å²) in [6.45, 7) is 12.1. The molecule has 170 valence electrons. The summed E-state index contributed by atoms with van der Waals surface area (Å²) in [6, 6.07) is 0. The molecular weight excluding hydrogens is 362 g/mol. The van der Waals surface area contributed by atoms with Crippen LogP contribution in [0.25, 0.3) is 0 Å². The summed E-state index contributed by atoms with van der Waals surface area (Å²) >= 11 is 0. The summed E-state index contributed by atoms with van der Waals surface area (Å²) in [5.74, 6) is 0.732. The van der Waals surface area contributed by atoms with Crippen molar-refractivity contribution in [1.82, 2.24) is 0 Å². The van der Waals surface area contributed by atoms with Crippen LogP contribution in [-0.4, -0.2) is 57.0 Å². The highest BCUT2D eigenvalue weighted by Gasteiger charge is 2.61. The molecule has 2 fully saturated rings. The first-order chi connectivity index (χ1) is 13.6. The Bertz CT molecular complexity index is 516. The number of fused-ring (bicyclic) bond motifs is 2. The average molecular weight is 411 g/mol. The largest absolute Gasteiger partial charge is 0.462 e. The summed E-state index contributed by atoms with van der Waals surface area (Å²) in [5, 5.41) is 0. The molecule has 0 heterocycles. The molecule has 0 aliphatic heterocycles. The van der Waals surface area contributed by atoms with Gasteiger partial charge in [-0.05, 0) is 42.4 Å². The molecule has 4 nitrogen and oxygen atoms in total. The van der Waals surface area contributed by atoms with Crippen molar-refractivity contribution in [1.29, 1.82) is 0 Å². The number of likely N-dealkylation sites (N-methyl/N-ethyl adjacent to an activating group) is 1. The number of hydrogen-bond donors (Lipinski definition) is 0. The van der Waals surface area contributed by atoms with Gasteiger partial charge in [0.05, 0.1) is 33.4 Å². The molecule has 29 heavy (non-hydrogen) atoms. The number of esters is 1. The quantitative estimate of drug-likeness (QED) is 0.213. The van der Waals surface area contributed by atoms with Gasteiger partial charge >= 0.3 is 5.97 Å². The van der Waals surface area contributed by atoms with E-state index in [-0.39, 0.29) is 5.97 Å². The van der Waals surface area contributed by atoms with E-state index >= 15 is 0 Å². The summed E-state index contributed by atoms with van der Waals surface area (Å²) < 4.78 is 12.5. The van der Waals surface area contributed by atoms with Crippen molar-refractivity contribution in [2.24, 2.45) is 16.7 Å².